The van der Waals surface area contributed by atoms with E-state index >= 15 is 0 Å². The van der Waals surface area contributed by atoms with Gasteiger partial charge in [-0.15, -0.1) is 5.10 Å². The molecule has 2 N–H and O–H groups in total. The molecular formula is C13H16N4O2. The monoisotopic (exact) mass is 260 g/mol. The lowest BCUT2D eigenvalue weighted by molar-refractivity contribution is -0.145. The Balaban J connectivity index is 1.75. The Morgan fingerprint density at radius 1 is 1.47 bits per heavy atom. The third-order valence-corrected chi connectivity index (χ3v) is 2.60. The maximum Gasteiger partial charge on any atom is 0.306 e. The van der Waals surface area contributed by atoms with Crippen LogP contribution in [-0.2, 0) is 29.6 Å². The second kappa shape index (κ2) is 5.99. The van der Waals surface area contributed by atoms with E-state index in [1.165, 1.54) is 0 Å². The molecule has 6 heteroatoms. The van der Waals surface area contributed by atoms with Crippen molar-refractivity contribution in [1.82, 2.24) is 15.0 Å². The van der Waals surface area contributed by atoms with Gasteiger partial charge in [-0.3, -0.25) is 9.48 Å². The second-order valence-electron chi connectivity index (χ2n) is 4.29. The SMILES string of the molecule is Cn1cc(COC(=O)CCc2cccc(N)c2)nn1. The van der Waals surface area contributed by atoms with Gasteiger partial charge in [0.05, 0.1) is 6.20 Å². The van der Waals surface area contributed by atoms with Gasteiger partial charge in [0.15, 0.2) is 0 Å². The molecule has 6 nitrogen and oxygen atoms in total. The predicted octanol–water partition coefficient (Wildman–Crippen LogP) is 1.07. The number of nitrogens with zero attached hydrogens (tertiary/aromatic N) is 3. The first-order valence-electron chi connectivity index (χ1n) is 5.99. The van der Waals surface area contributed by atoms with Crippen LogP contribution in [0.3, 0.4) is 0 Å². The summed E-state index contributed by atoms with van der Waals surface area (Å²) in [5.41, 5.74) is 8.03. The number of benzene rings is 1. The third kappa shape index (κ3) is 4.09. The number of carbonyl (C=O) groups excluding carboxylic acids is 1. The standard InChI is InChI=1S/C13H16N4O2/c1-17-8-12(15-16-17)9-19-13(18)6-5-10-3-2-4-11(14)7-10/h2-4,7-8H,5-6,9,14H2,1H3. The smallest absolute Gasteiger partial charge is 0.306 e. The van der Waals surface area contributed by atoms with E-state index < -0.39 is 0 Å². The maximum atomic E-state index is 11.6. The number of anilines is 1. The van der Waals surface area contributed by atoms with Crippen LogP contribution in [0.25, 0.3) is 0 Å². The van der Waals surface area contributed by atoms with E-state index in [0.29, 0.717) is 24.2 Å². The molecule has 1 heterocycles. The zero-order valence-electron chi connectivity index (χ0n) is 10.7. The van der Waals surface area contributed by atoms with Gasteiger partial charge in [0.2, 0.25) is 0 Å². The minimum absolute atomic E-state index is 0.156. The summed E-state index contributed by atoms with van der Waals surface area (Å²) in [4.78, 5) is 11.6. The minimum atomic E-state index is -0.256. The number of aromatic nitrogens is 3. The van der Waals surface area contributed by atoms with Crippen LogP contribution in [0.2, 0.25) is 0 Å². The van der Waals surface area contributed by atoms with Crippen molar-refractivity contribution in [2.45, 2.75) is 19.4 Å². The molecule has 0 aliphatic rings. The largest absolute Gasteiger partial charge is 0.459 e. The maximum absolute atomic E-state index is 11.6. The van der Waals surface area contributed by atoms with Gasteiger partial charge in [-0.1, -0.05) is 17.3 Å². The summed E-state index contributed by atoms with van der Waals surface area (Å²) in [6, 6.07) is 7.48. The molecule has 0 saturated carbocycles. The number of ether oxygens (including phenoxy) is 1. The van der Waals surface area contributed by atoms with Gasteiger partial charge < -0.3 is 10.5 Å². The third-order valence-electron chi connectivity index (χ3n) is 2.60. The van der Waals surface area contributed by atoms with Crippen LogP contribution in [0.1, 0.15) is 17.7 Å². The molecule has 0 bridgehead atoms. The van der Waals surface area contributed by atoms with E-state index in [2.05, 4.69) is 10.3 Å². The first-order chi connectivity index (χ1) is 9.13. The Labute approximate surface area is 111 Å². The zero-order chi connectivity index (χ0) is 13.7. The highest BCUT2D eigenvalue weighted by Crippen LogP contribution is 2.09. The quantitative estimate of drug-likeness (QED) is 0.642. The molecule has 0 radical (unpaired) electrons. The number of hydrogen-bond acceptors (Lipinski definition) is 5. The van der Waals surface area contributed by atoms with E-state index in [-0.39, 0.29) is 12.6 Å². The van der Waals surface area contributed by atoms with E-state index in [1.807, 2.05) is 24.3 Å². The summed E-state index contributed by atoms with van der Waals surface area (Å²) in [5.74, 6) is -0.256. The molecule has 19 heavy (non-hydrogen) atoms. The molecule has 0 amide bonds. The van der Waals surface area contributed by atoms with Crippen LogP contribution >= 0.6 is 0 Å². The first kappa shape index (κ1) is 13.1. The Bertz CT molecular complexity index is 565. The van der Waals surface area contributed by atoms with Crippen LogP contribution in [0.4, 0.5) is 5.69 Å². The Kier molecular flexibility index (Phi) is 4.12. The Morgan fingerprint density at radius 3 is 3.00 bits per heavy atom. The van der Waals surface area contributed by atoms with Crippen molar-refractivity contribution in [2.24, 2.45) is 7.05 Å². The molecule has 0 spiro atoms. The molecule has 0 fully saturated rings. The minimum Gasteiger partial charge on any atom is -0.459 e. The van der Waals surface area contributed by atoms with Crippen molar-refractivity contribution in [2.75, 3.05) is 5.73 Å². The summed E-state index contributed by atoms with van der Waals surface area (Å²) >= 11 is 0. The number of hydrogen-bond donors (Lipinski definition) is 1. The number of nitrogen functional groups attached to an aromatic ring is 1. The fourth-order valence-corrected chi connectivity index (χ4v) is 1.68. The molecule has 0 atom stereocenters. The summed E-state index contributed by atoms with van der Waals surface area (Å²) < 4.78 is 6.67. The highest BCUT2D eigenvalue weighted by Gasteiger charge is 2.06. The van der Waals surface area contributed by atoms with Crippen molar-refractivity contribution in [3.63, 3.8) is 0 Å². The lowest BCUT2D eigenvalue weighted by Gasteiger charge is -2.03. The van der Waals surface area contributed by atoms with Crippen molar-refractivity contribution >= 4 is 11.7 Å². The number of rotatable bonds is 5. The first-order valence-corrected chi connectivity index (χ1v) is 5.99. The molecule has 100 valence electrons. The molecule has 1 aromatic heterocycles. The van der Waals surface area contributed by atoms with Crippen LogP contribution < -0.4 is 5.73 Å². The summed E-state index contributed by atoms with van der Waals surface area (Å²) in [6.07, 6.45) is 2.65. The predicted molar refractivity (Wildman–Crippen MR) is 70.0 cm³/mol. The number of carbonyl (C=O) groups is 1. The number of aryl methyl sites for hydroxylation is 2. The highest BCUT2D eigenvalue weighted by molar-refractivity contribution is 5.69. The lowest BCUT2D eigenvalue weighted by atomic mass is 10.1. The number of nitrogens with two attached hydrogens (primary N) is 1. The Morgan fingerprint density at radius 2 is 2.32 bits per heavy atom. The molecule has 0 unspecified atom stereocenters. The van der Waals surface area contributed by atoms with Crippen molar-refractivity contribution in [3.8, 4) is 0 Å². The topological polar surface area (TPSA) is 83.0 Å². The van der Waals surface area contributed by atoms with Crippen LogP contribution in [0, 0.1) is 0 Å². The van der Waals surface area contributed by atoms with Crippen LogP contribution in [-0.4, -0.2) is 21.0 Å². The summed E-state index contributed by atoms with van der Waals surface area (Å²) in [6.45, 7) is 0.156. The second-order valence-corrected chi connectivity index (χ2v) is 4.29. The summed E-state index contributed by atoms with van der Waals surface area (Å²) in [7, 11) is 1.76. The van der Waals surface area contributed by atoms with Gasteiger partial charge in [-0.05, 0) is 24.1 Å². The van der Waals surface area contributed by atoms with Gasteiger partial charge in [-0.25, -0.2) is 0 Å². The van der Waals surface area contributed by atoms with E-state index in [0.717, 1.165) is 5.56 Å². The number of esters is 1. The van der Waals surface area contributed by atoms with Crippen molar-refractivity contribution in [3.05, 3.63) is 41.7 Å². The molecule has 2 rings (SSSR count). The van der Waals surface area contributed by atoms with Crippen molar-refractivity contribution < 1.29 is 9.53 Å². The van der Waals surface area contributed by atoms with E-state index in [9.17, 15) is 4.79 Å². The van der Waals surface area contributed by atoms with Crippen LogP contribution in [0.15, 0.2) is 30.5 Å². The molecule has 1 aromatic carbocycles. The zero-order valence-corrected chi connectivity index (χ0v) is 10.7. The Hall–Kier alpha value is -2.37. The van der Waals surface area contributed by atoms with E-state index in [1.54, 1.807) is 17.9 Å². The fourth-order valence-electron chi connectivity index (χ4n) is 1.68. The molecule has 2 aromatic rings. The highest BCUT2D eigenvalue weighted by atomic mass is 16.5. The van der Waals surface area contributed by atoms with Gasteiger partial charge >= 0.3 is 5.97 Å². The molecule has 0 aliphatic heterocycles. The van der Waals surface area contributed by atoms with Gasteiger partial charge in [0.1, 0.15) is 12.3 Å². The van der Waals surface area contributed by atoms with Crippen LogP contribution in [0.5, 0.6) is 0 Å². The van der Waals surface area contributed by atoms with Gasteiger partial charge in [-0.2, -0.15) is 0 Å². The molecule has 0 aliphatic carbocycles. The van der Waals surface area contributed by atoms with Gasteiger partial charge in [0.25, 0.3) is 0 Å². The lowest BCUT2D eigenvalue weighted by Crippen LogP contribution is -2.06. The van der Waals surface area contributed by atoms with Gasteiger partial charge in [0, 0.05) is 19.2 Å². The molecule has 0 saturated heterocycles. The van der Waals surface area contributed by atoms with E-state index in [4.69, 9.17) is 10.5 Å². The summed E-state index contributed by atoms with van der Waals surface area (Å²) in [5, 5.41) is 7.60. The van der Waals surface area contributed by atoms with Crippen molar-refractivity contribution in [1.29, 1.82) is 0 Å². The molecular weight excluding hydrogens is 244 g/mol. The normalized spacial score (nSPS) is 10.4. The average molecular weight is 260 g/mol. The average Bonchev–Trinajstić information content (AvgIpc) is 2.80. The fraction of sp³-hybridized carbons (Fsp3) is 0.308.